The molecule has 0 aliphatic carbocycles. The number of rotatable bonds is 7. The molecule has 39 heavy (non-hydrogen) atoms. The van der Waals surface area contributed by atoms with E-state index >= 15 is 0 Å². The third-order valence-electron chi connectivity index (χ3n) is 5.50. The largest absolute Gasteiger partial charge is 0.459 e. The minimum atomic E-state index is -1.15. The van der Waals surface area contributed by atoms with Crippen LogP contribution in [0.2, 0.25) is 0 Å². The van der Waals surface area contributed by atoms with Gasteiger partial charge in [-0.3, -0.25) is 9.59 Å². The van der Waals surface area contributed by atoms with Crippen LogP contribution in [0, 0.1) is 18.3 Å². The zero-order chi connectivity index (χ0) is 28.2. The number of nitriles is 1. The molecule has 0 radical (unpaired) electrons. The van der Waals surface area contributed by atoms with E-state index in [4.69, 9.17) is 4.74 Å². The Morgan fingerprint density at radius 1 is 1.03 bits per heavy atom. The molecule has 1 amide bonds. The fraction of sp³-hybridized carbons (Fsp3) is 0.233. The van der Waals surface area contributed by atoms with Crippen LogP contribution in [-0.2, 0) is 14.3 Å². The van der Waals surface area contributed by atoms with E-state index in [2.05, 4.69) is 38.8 Å². The molecule has 198 valence electrons. The van der Waals surface area contributed by atoms with Crippen LogP contribution in [0.5, 0.6) is 0 Å². The van der Waals surface area contributed by atoms with Gasteiger partial charge in [-0.15, -0.1) is 0 Å². The number of aryl methyl sites for hydroxylation is 1. The minimum absolute atomic E-state index is 0.111. The smallest absolute Gasteiger partial charge is 0.330 e. The van der Waals surface area contributed by atoms with Crippen LogP contribution in [0.25, 0.3) is 11.0 Å². The lowest BCUT2D eigenvalue weighted by Crippen LogP contribution is -2.27. The molecule has 4 aromatic rings. The van der Waals surface area contributed by atoms with Crippen LogP contribution in [0.15, 0.2) is 76.7 Å². The van der Waals surface area contributed by atoms with Crippen molar-refractivity contribution in [1.82, 2.24) is 9.97 Å². The quantitative estimate of drug-likeness (QED) is 0.248. The molecule has 8 nitrogen and oxygen atoms in total. The van der Waals surface area contributed by atoms with E-state index in [1.807, 2.05) is 49.4 Å². The molecule has 1 atom stereocenters. The normalized spacial score (nSPS) is 11.9. The first-order valence-electron chi connectivity index (χ1n) is 12.3. The van der Waals surface area contributed by atoms with Crippen LogP contribution >= 0.6 is 11.8 Å². The fourth-order valence-electron chi connectivity index (χ4n) is 3.83. The number of hydrogen-bond donors (Lipinski definition) is 2. The molecule has 2 aromatic carbocycles. The van der Waals surface area contributed by atoms with Crippen LogP contribution in [0.3, 0.4) is 0 Å². The van der Waals surface area contributed by atoms with Gasteiger partial charge in [0.15, 0.2) is 11.6 Å². The van der Waals surface area contributed by atoms with Crippen LogP contribution in [0.1, 0.15) is 44.9 Å². The lowest BCUT2D eigenvalue weighted by Gasteiger charge is -2.21. The number of pyridine rings is 2. The Labute approximate surface area is 231 Å². The van der Waals surface area contributed by atoms with Gasteiger partial charge in [0.1, 0.15) is 5.60 Å². The Hall–Kier alpha value is -4.42. The molecule has 9 heteroatoms. The Bertz CT molecular complexity index is 1570. The Kier molecular flexibility index (Phi) is 8.17. The summed E-state index contributed by atoms with van der Waals surface area (Å²) in [7, 11) is 0. The van der Waals surface area contributed by atoms with Crippen molar-refractivity contribution >= 4 is 51.7 Å². The first-order valence-corrected chi connectivity index (χ1v) is 13.2. The zero-order valence-corrected chi connectivity index (χ0v) is 23.2. The van der Waals surface area contributed by atoms with E-state index in [9.17, 15) is 14.9 Å². The lowest BCUT2D eigenvalue weighted by atomic mass is 10.1. The molecular weight excluding hydrogens is 510 g/mol. The summed E-state index contributed by atoms with van der Waals surface area (Å²) in [6.45, 7) is 8.77. The average Bonchev–Trinajstić information content (AvgIpc) is 2.86. The summed E-state index contributed by atoms with van der Waals surface area (Å²) in [5, 5.41) is 16.7. The monoisotopic (exact) mass is 539 g/mol. The van der Waals surface area contributed by atoms with Gasteiger partial charge in [0, 0.05) is 34.0 Å². The second-order valence-corrected chi connectivity index (χ2v) is 11.1. The molecule has 2 aromatic heterocycles. The average molecular weight is 540 g/mol. The van der Waals surface area contributed by atoms with Gasteiger partial charge in [-0.1, -0.05) is 17.8 Å². The summed E-state index contributed by atoms with van der Waals surface area (Å²) in [4.78, 5) is 34.8. The number of nitrogens with one attached hydrogen (secondary N) is 2. The Morgan fingerprint density at radius 2 is 1.77 bits per heavy atom. The summed E-state index contributed by atoms with van der Waals surface area (Å²) in [5.74, 6) is -1.90. The van der Waals surface area contributed by atoms with Gasteiger partial charge >= 0.3 is 5.97 Å². The van der Waals surface area contributed by atoms with Crippen molar-refractivity contribution in [3.05, 3.63) is 78.1 Å². The highest BCUT2D eigenvalue weighted by Gasteiger charge is 2.28. The maximum absolute atomic E-state index is 12.6. The summed E-state index contributed by atoms with van der Waals surface area (Å²) >= 11 is 1.60. The molecule has 0 saturated heterocycles. The number of carbonyl (C=O) groups is 2. The molecule has 0 saturated carbocycles. The molecule has 0 aliphatic heterocycles. The van der Waals surface area contributed by atoms with Crippen molar-refractivity contribution in [3.8, 4) is 6.07 Å². The van der Waals surface area contributed by atoms with Gasteiger partial charge in [-0.05, 0) is 87.9 Å². The van der Waals surface area contributed by atoms with Gasteiger partial charge in [0.05, 0.1) is 23.1 Å². The second-order valence-electron chi connectivity index (χ2n) is 9.99. The highest BCUT2D eigenvalue weighted by molar-refractivity contribution is 7.99. The summed E-state index contributed by atoms with van der Waals surface area (Å²) in [5.41, 5.74) is 3.53. The predicted molar refractivity (Wildman–Crippen MR) is 153 cm³/mol. The molecule has 0 aliphatic rings. The van der Waals surface area contributed by atoms with Crippen molar-refractivity contribution in [2.24, 2.45) is 0 Å². The fourth-order valence-corrected chi connectivity index (χ4v) is 4.71. The van der Waals surface area contributed by atoms with Crippen LogP contribution in [-0.4, -0.2) is 27.4 Å². The van der Waals surface area contributed by atoms with Crippen molar-refractivity contribution in [2.45, 2.75) is 55.9 Å². The standard InChI is InChI=1S/C30H29N5O3S/c1-18-6-13-27(39-21-9-7-20(8-10-21)33-19(2)36)26(16-18)34-25-14-15-32-28-22(25)11-12-24(35-28)23(17-31)29(37)38-30(3,4)5/h6-16,23H,1-5H3,(H,33,36)(H,32,34,35). The van der Waals surface area contributed by atoms with E-state index in [1.54, 1.807) is 44.8 Å². The van der Waals surface area contributed by atoms with E-state index in [0.29, 0.717) is 11.3 Å². The number of nitrogens with zero attached hydrogens (tertiary/aromatic N) is 3. The van der Waals surface area contributed by atoms with Gasteiger partial charge in [0.2, 0.25) is 5.91 Å². The number of hydrogen-bond acceptors (Lipinski definition) is 8. The number of aromatic nitrogens is 2. The van der Waals surface area contributed by atoms with E-state index in [0.717, 1.165) is 37.8 Å². The number of ether oxygens (including phenoxy) is 1. The maximum Gasteiger partial charge on any atom is 0.330 e. The van der Waals surface area contributed by atoms with Gasteiger partial charge in [-0.25, -0.2) is 9.97 Å². The van der Waals surface area contributed by atoms with Crippen LogP contribution in [0.4, 0.5) is 17.1 Å². The predicted octanol–water partition coefficient (Wildman–Crippen LogP) is 6.74. The topological polar surface area (TPSA) is 117 Å². The van der Waals surface area contributed by atoms with Crippen molar-refractivity contribution in [2.75, 3.05) is 10.6 Å². The summed E-state index contributed by atoms with van der Waals surface area (Å²) in [6, 6.07) is 21.2. The highest BCUT2D eigenvalue weighted by atomic mass is 32.2. The third kappa shape index (κ3) is 7.12. The number of benzene rings is 2. The van der Waals surface area contributed by atoms with Gasteiger partial charge in [-0.2, -0.15) is 5.26 Å². The number of fused-ring (bicyclic) bond motifs is 1. The number of anilines is 3. The molecule has 0 bridgehead atoms. The van der Waals surface area contributed by atoms with Crippen molar-refractivity contribution in [1.29, 1.82) is 5.26 Å². The second kappa shape index (κ2) is 11.5. The molecule has 2 heterocycles. The molecule has 2 N–H and O–H groups in total. The maximum atomic E-state index is 12.6. The Balaban J connectivity index is 1.62. The summed E-state index contributed by atoms with van der Waals surface area (Å²) in [6.07, 6.45) is 1.64. The Morgan fingerprint density at radius 3 is 2.44 bits per heavy atom. The van der Waals surface area contributed by atoms with E-state index in [1.165, 1.54) is 6.92 Å². The first kappa shape index (κ1) is 27.6. The highest BCUT2D eigenvalue weighted by Crippen LogP contribution is 2.37. The number of esters is 1. The third-order valence-corrected chi connectivity index (χ3v) is 6.58. The summed E-state index contributed by atoms with van der Waals surface area (Å²) < 4.78 is 5.40. The first-order chi connectivity index (χ1) is 18.5. The van der Waals surface area contributed by atoms with Gasteiger partial charge < -0.3 is 15.4 Å². The molecule has 1 unspecified atom stereocenters. The van der Waals surface area contributed by atoms with E-state index < -0.39 is 17.5 Å². The SMILES string of the molecule is CC(=O)Nc1ccc(Sc2ccc(C)cc2Nc2ccnc3nc(C(C#N)C(=O)OC(C)(C)C)ccc23)cc1. The minimum Gasteiger partial charge on any atom is -0.459 e. The molecule has 0 spiro atoms. The van der Waals surface area contributed by atoms with E-state index in [-0.39, 0.29) is 5.91 Å². The molecular formula is C30H29N5O3S. The van der Waals surface area contributed by atoms with Crippen molar-refractivity contribution in [3.63, 3.8) is 0 Å². The van der Waals surface area contributed by atoms with Crippen LogP contribution < -0.4 is 10.6 Å². The lowest BCUT2D eigenvalue weighted by molar-refractivity contribution is -0.155. The number of amides is 1. The van der Waals surface area contributed by atoms with Crippen molar-refractivity contribution < 1.29 is 14.3 Å². The molecule has 0 fully saturated rings. The zero-order valence-electron chi connectivity index (χ0n) is 22.4. The molecule has 4 rings (SSSR count). The number of carbonyl (C=O) groups excluding carboxylic acids is 2. The van der Waals surface area contributed by atoms with Gasteiger partial charge in [0.25, 0.3) is 0 Å².